The van der Waals surface area contributed by atoms with Crippen LogP contribution in [0.3, 0.4) is 0 Å². The number of pyridine rings is 1. The van der Waals surface area contributed by atoms with Crippen molar-refractivity contribution in [3.63, 3.8) is 0 Å². The summed E-state index contributed by atoms with van der Waals surface area (Å²) in [7, 11) is 1.62. The van der Waals surface area contributed by atoms with E-state index in [9.17, 15) is 10.1 Å². The standard InChI is InChI=1S/C27H20N4O4/c1-17-4-15-23-28-24(26(30(23)16-17)27-25(31(32)33)18(2)29-35-27)21-11-7-19(8-12-21)5-6-20-9-13-22(34-3)14-10-20/h4,7-16H,1-3H3. The van der Waals surface area contributed by atoms with Gasteiger partial charge in [0.25, 0.3) is 5.76 Å². The molecule has 0 fully saturated rings. The van der Waals surface area contributed by atoms with Crippen LogP contribution in [0.2, 0.25) is 0 Å². The smallest absolute Gasteiger partial charge is 0.340 e. The first-order chi connectivity index (χ1) is 16.9. The number of methoxy groups -OCH3 is 1. The predicted molar refractivity (Wildman–Crippen MR) is 131 cm³/mol. The highest BCUT2D eigenvalue weighted by Gasteiger charge is 2.31. The molecule has 0 aliphatic carbocycles. The van der Waals surface area contributed by atoms with E-state index in [2.05, 4.69) is 17.0 Å². The molecule has 8 heteroatoms. The fourth-order valence-electron chi connectivity index (χ4n) is 3.83. The van der Waals surface area contributed by atoms with Crippen molar-refractivity contribution in [2.24, 2.45) is 0 Å². The summed E-state index contributed by atoms with van der Waals surface area (Å²) in [4.78, 5) is 16.1. The molecule has 5 rings (SSSR count). The summed E-state index contributed by atoms with van der Waals surface area (Å²) in [5, 5.41) is 15.6. The molecule has 0 amide bonds. The van der Waals surface area contributed by atoms with Crippen LogP contribution in [0.25, 0.3) is 28.4 Å². The summed E-state index contributed by atoms with van der Waals surface area (Å²) < 4.78 is 12.4. The molecule has 172 valence electrons. The first kappa shape index (κ1) is 21.9. The van der Waals surface area contributed by atoms with Crippen LogP contribution >= 0.6 is 0 Å². The van der Waals surface area contributed by atoms with Gasteiger partial charge in [-0.25, -0.2) is 4.98 Å². The molecule has 0 atom stereocenters. The molecule has 0 aliphatic rings. The van der Waals surface area contributed by atoms with Crippen molar-refractivity contribution in [3.8, 4) is 40.3 Å². The highest BCUT2D eigenvalue weighted by molar-refractivity contribution is 5.83. The van der Waals surface area contributed by atoms with Crippen LogP contribution in [0.4, 0.5) is 5.69 Å². The molecule has 0 saturated heterocycles. The van der Waals surface area contributed by atoms with Crippen LogP contribution in [0.1, 0.15) is 22.4 Å². The Morgan fingerprint density at radius 1 is 0.971 bits per heavy atom. The first-order valence-electron chi connectivity index (χ1n) is 10.8. The largest absolute Gasteiger partial charge is 0.497 e. The average molecular weight is 464 g/mol. The maximum absolute atomic E-state index is 11.8. The topological polar surface area (TPSA) is 95.7 Å². The summed E-state index contributed by atoms with van der Waals surface area (Å²) in [6.45, 7) is 3.49. The fourth-order valence-corrected chi connectivity index (χ4v) is 3.83. The number of rotatable bonds is 4. The zero-order chi connectivity index (χ0) is 24.5. The number of ether oxygens (including phenoxy) is 1. The Morgan fingerprint density at radius 3 is 2.26 bits per heavy atom. The Balaban J connectivity index is 1.58. The van der Waals surface area contributed by atoms with Crippen LogP contribution in [0, 0.1) is 35.8 Å². The minimum Gasteiger partial charge on any atom is -0.497 e. The Bertz CT molecular complexity index is 1620. The Kier molecular flexibility index (Phi) is 5.51. The van der Waals surface area contributed by atoms with Crippen LogP contribution in [0.15, 0.2) is 71.4 Å². The molecule has 0 aliphatic heterocycles. The third kappa shape index (κ3) is 4.11. The van der Waals surface area contributed by atoms with Crippen molar-refractivity contribution in [1.82, 2.24) is 14.5 Å². The van der Waals surface area contributed by atoms with E-state index >= 15 is 0 Å². The molecule has 3 heterocycles. The number of hydrogen-bond donors (Lipinski definition) is 0. The van der Waals surface area contributed by atoms with E-state index in [1.165, 1.54) is 0 Å². The van der Waals surface area contributed by atoms with E-state index in [0.29, 0.717) is 17.0 Å². The second-order valence-electron chi connectivity index (χ2n) is 8.00. The number of aryl methyl sites for hydroxylation is 2. The van der Waals surface area contributed by atoms with Crippen LogP contribution in [-0.2, 0) is 0 Å². The third-order valence-corrected chi connectivity index (χ3v) is 5.60. The van der Waals surface area contributed by atoms with E-state index in [-0.39, 0.29) is 17.1 Å². The number of nitrogens with zero attached hydrogens (tertiary/aromatic N) is 4. The molecule has 0 radical (unpaired) electrons. The van der Waals surface area contributed by atoms with Gasteiger partial charge in [0.2, 0.25) is 0 Å². The van der Waals surface area contributed by atoms with E-state index in [0.717, 1.165) is 28.0 Å². The monoisotopic (exact) mass is 464 g/mol. The first-order valence-corrected chi connectivity index (χ1v) is 10.8. The van der Waals surface area contributed by atoms with Gasteiger partial charge >= 0.3 is 5.69 Å². The van der Waals surface area contributed by atoms with Gasteiger partial charge in [-0.1, -0.05) is 35.2 Å². The van der Waals surface area contributed by atoms with Crippen molar-refractivity contribution in [1.29, 1.82) is 0 Å². The van der Waals surface area contributed by atoms with Crippen LogP contribution in [0.5, 0.6) is 5.75 Å². The molecule has 35 heavy (non-hydrogen) atoms. The molecular formula is C27H20N4O4. The van der Waals surface area contributed by atoms with E-state index in [4.69, 9.17) is 14.2 Å². The lowest BCUT2D eigenvalue weighted by molar-refractivity contribution is -0.385. The molecule has 0 saturated carbocycles. The molecule has 8 nitrogen and oxygen atoms in total. The Morgan fingerprint density at radius 2 is 1.63 bits per heavy atom. The number of imidazole rings is 1. The highest BCUT2D eigenvalue weighted by atomic mass is 16.6. The minimum absolute atomic E-state index is 0.0731. The van der Waals surface area contributed by atoms with E-state index < -0.39 is 4.92 Å². The average Bonchev–Trinajstić information content (AvgIpc) is 3.43. The number of hydrogen-bond acceptors (Lipinski definition) is 6. The van der Waals surface area contributed by atoms with Crippen LogP contribution in [-0.4, -0.2) is 26.6 Å². The molecular weight excluding hydrogens is 444 g/mol. The van der Waals surface area contributed by atoms with Crippen molar-refractivity contribution >= 4 is 11.3 Å². The Labute approximate surface area is 200 Å². The molecule has 2 aromatic carbocycles. The number of aromatic nitrogens is 3. The third-order valence-electron chi connectivity index (χ3n) is 5.60. The fraction of sp³-hybridized carbons (Fsp3) is 0.111. The van der Waals surface area contributed by atoms with Gasteiger partial charge in [-0.05, 0) is 61.9 Å². The summed E-state index contributed by atoms with van der Waals surface area (Å²) in [6.07, 6.45) is 1.87. The van der Waals surface area contributed by atoms with Crippen molar-refractivity contribution in [3.05, 3.63) is 99.4 Å². The van der Waals surface area contributed by atoms with Crippen LogP contribution < -0.4 is 4.74 Å². The highest BCUT2D eigenvalue weighted by Crippen LogP contribution is 2.39. The van der Waals surface area contributed by atoms with Crippen molar-refractivity contribution in [2.75, 3.05) is 7.11 Å². The van der Waals surface area contributed by atoms with E-state index in [1.54, 1.807) is 18.4 Å². The Hall–Kier alpha value is -4.90. The summed E-state index contributed by atoms with van der Waals surface area (Å²) in [5.74, 6) is 7.14. The number of benzene rings is 2. The second kappa shape index (κ2) is 8.80. The van der Waals surface area contributed by atoms with E-state index in [1.807, 2.05) is 73.8 Å². The normalized spacial score (nSPS) is 10.7. The SMILES string of the molecule is COc1ccc(C#Cc2ccc(-c3nc4ccc(C)cn4c3-c3onc(C)c3[N+](=O)[O-])cc2)cc1. The van der Waals surface area contributed by atoms with Gasteiger partial charge in [0.05, 0.1) is 12.0 Å². The maximum atomic E-state index is 11.8. The number of fused-ring (bicyclic) bond motifs is 1. The summed E-state index contributed by atoms with van der Waals surface area (Å²) in [6, 6.07) is 18.9. The van der Waals surface area contributed by atoms with Gasteiger partial charge in [0.1, 0.15) is 22.8 Å². The number of nitro groups is 1. The molecule has 0 bridgehead atoms. The summed E-state index contributed by atoms with van der Waals surface area (Å²) >= 11 is 0. The lowest BCUT2D eigenvalue weighted by Crippen LogP contribution is -1.95. The quantitative estimate of drug-likeness (QED) is 0.195. The van der Waals surface area contributed by atoms with Crippen molar-refractivity contribution in [2.45, 2.75) is 13.8 Å². The van der Waals surface area contributed by atoms with Gasteiger partial charge in [0.15, 0.2) is 5.69 Å². The lowest BCUT2D eigenvalue weighted by Gasteiger charge is -2.03. The zero-order valence-electron chi connectivity index (χ0n) is 19.3. The zero-order valence-corrected chi connectivity index (χ0v) is 19.3. The lowest BCUT2D eigenvalue weighted by atomic mass is 10.1. The molecule has 0 spiro atoms. The molecule has 5 aromatic rings. The molecule has 0 unspecified atom stereocenters. The minimum atomic E-state index is -0.474. The second-order valence-corrected chi connectivity index (χ2v) is 8.00. The predicted octanol–water partition coefficient (Wildman–Crippen LogP) is 5.59. The molecule has 3 aromatic heterocycles. The van der Waals surface area contributed by atoms with Gasteiger partial charge < -0.3 is 9.26 Å². The maximum Gasteiger partial charge on any atom is 0.340 e. The van der Waals surface area contributed by atoms with Gasteiger partial charge in [0, 0.05) is 22.9 Å². The van der Waals surface area contributed by atoms with Gasteiger partial charge in [-0.15, -0.1) is 0 Å². The van der Waals surface area contributed by atoms with Gasteiger partial charge in [-0.2, -0.15) is 0 Å². The van der Waals surface area contributed by atoms with Crippen molar-refractivity contribution < 1.29 is 14.2 Å². The molecule has 0 N–H and O–H groups in total. The van der Waals surface area contributed by atoms with Gasteiger partial charge in [-0.3, -0.25) is 14.5 Å². The summed E-state index contributed by atoms with van der Waals surface area (Å²) in [5.41, 5.74) is 5.18.